The molecule has 0 saturated heterocycles. The molecule has 6 heteroatoms. The monoisotopic (exact) mass is 312 g/mol. The van der Waals surface area contributed by atoms with Crippen molar-refractivity contribution in [3.05, 3.63) is 54.1 Å². The first-order valence-electron chi connectivity index (χ1n) is 7.18. The van der Waals surface area contributed by atoms with Gasteiger partial charge in [-0.15, -0.1) is 0 Å². The van der Waals surface area contributed by atoms with E-state index in [-0.39, 0.29) is 5.91 Å². The second-order valence-corrected chi connectivity index (χ2v) is 5.34. The molecular weight excluding hydrogens is 296 g/mol. The minimum Gasteiger partial charge on any atom is -0.480 e. The molecule has 0 bridgehead atoms. The van der Waals surface area contributed by atoms with Crippen molar-refractivity contribution in [2.75, 3.05) is 17.2 Å². The van der Waals surface area contributed by atoms with Crippen LogP contribution in [0.1, 0.15) is 5.56 Å². The summed E-state index contributed by atoms with van der Waals surface area (Å²) in [6.07, 6.45) is -0.382. The Labute approximate surface area is 133 Å². The average molecular weight is 312 g/mol. The molecule has 1 aliphatic rings. The van der Waals surface area contributed by atoms with Crippen LogP contribution in [0.5, 0.6) is 5.75 Å². The van der Waals surface area contributed by atoms with Gasteiger partial charge in [-0.2, -0.15) is 0 Å². The zero-order valence-electron chi connectivity index (χ0n) is 12.3. The van der Waals surface area contributed by atoms with Crippen LogP contribution in [0.2, 0.25) is 0 Å². The van der Waals surface area contributed by atoms with E-state index in [4.69, 9.17) is 15.6 Å². The Morgan fingerprint density at radius 3 is 2.65 bits per heavy atom. The molecule has 1 aliphatic heterocycles. The number of nitrogens with two attached hydrogens (primary N) is 1. The number of aliphatic carboxylic acids is 1. The van der Waals surface area contributed by atoms with E-state index in [0.717, 1.165) is 5.56 Å². The van der Waals surface area contributed by atoms with E-state index in [9.17, 15) is 9.59 Å². The smallest absolute Gasteiger partial charge is 0.323 e. The summed E-state index contributed by atoms with van der Waals surface area (Å²) in [5, 5.41) is 9.09. The number of carbonyl (C=O) groups is 2. The molecule has 3 N–H and O–H groups in total. The fraction of sp³-hybridized carbons (Fsp3) is 0.176. The highest BCUT2D eigenvalue weighted by Crippen LogP contribution is 2.36. The zero-order chi connectivity index (χ0) is 16.4. The summed E-state index contributed by atoms with van der Waals surface area (Å²) in [6.45, 7) is -0.427. The van der Waals surface area contributed by atoms with Gasteiger partial charge in [-0.3, -0.25) is 14.5 Å². The summed E-state index contributed by atoms with van der Waals surface area (Å²) in [4.78, 5) is 25.0. The van der Waals surface area contributed by atoms with Crippen molar-refractivity contribution in [1.29, 1.82) is 0 Å². The molecule has 0 saturated carbocycles. The molecule has 23 heavy (non-hydrogen) atoms. The molecule has 0 spiro atoms. The summed E-state index contributed by atoms with van der Waals surface area (Å²) < 4.78 is 5.78. The number of carbonyl (C=O) groups excluding carboxylic acids is 1. The van der Waals surface area contributed by atoms with Gasteiger partial charge in [0.25, 0.3) is 5.91 Å². The predicted molar refractivity (Wildman–Crippen MR) is 85.4 cm³/mol. The Balaban J connectivity index is 1.94. The van der Waals surface area contributed by atoms with Crippen molar-refractivity contribution in [1.82, 2.24) is 0 Å². The van der Waals surface area contributed by atoms with E-state index in [1.54, 1.807) is 18.2 Å². The number of carboxylic acids is 1. The van der Waals surface area contributed by atoms with Crippen LogP contribution in [0, 0.1) is 0 Å². The number of hydrogen-bond acceptors (Lipinski definition) is 4. The van der Waals surface area contributed by atoms with Gasteiger partial charge in [0.05, 0.1) is 5.69 Å². The number of amides is 1. The first kappa shape index (κ1) is 14.9. The molecule has 2 aromatic rings. The fourth-order valence-electron chi connectivity index (χ4n) is 2.60. The maximum Gasteiger partial charge on any atom is 0.323 e. The number of fused-ring (bicyclic) bond motifs is 1. The van der Waals surface area contributed by atoms with Crippen molar-refractivity contribution >= 4 is 23.3 Å². The maximum atomic E-state index is 12.6. The quantitative estimate of drug-likeness (QED) is 0.838. The van der Waals surface area contributed by atoms with Gasteiger partial charge in [-0.1, -0.05) is 30.3 Å². The SMILES string of the molecule is Nc1ccc2c(c1)N(CC(=O)O)C(=O)C(Cc1ccccc1)O2. The number of carboxylic acid groups (broad SMARTS) is 1. The van der Waals surface area contributed by atoms with Gasteiger partial charge >= 0.3 is 5.97 Å². The lowest BCUT2D eigenvalue weighted by atomic mass is 10.0. The standard InChI is InChI=1S/C17H16N2O4/c18-12-6-7-14-13(9-12)19(10-16(20)21)17(22)15(23-14)8-11-4-2-1-3-5-11/h1-7,9,15H,8,10,18H2,(H,20,21). The number of nitrogens with zero attached hydrogens (tertiary/aromatic N) is 1. The zero-order valence-corrected chi connectivity index (χ0v) is 12.3. The number of anilines is 2. The molecule has 0 aliphatic carbocycles. The third kappa shape index (κ3) is 3.11. The lowest BCUT2D eigenvalue weighted by Gasteiger charge is -2.33. The highest BCUT2D eigenvalue weighted by Gasteiger charge is 2.35. The third-order valence-corrected chi connectivity index (χ3v) is 3.64. The van der Waals surface area contributed by atoms with Gasteiger partial charge < -0.3 is 15.6 Å². The first-order valence-corrected chi connectivity index (χ1v) is 7.18. The van der Waals surface area contributed by atoms with E-state index in [1.165, 1.54) is 4.90 Å². The molecule has 0 fully saturated rings. The maximum absolute atomic E-state index is 12.6. The van der Waals surface area contributed by atoms with Gasteiger partial charge in [0, 0.05) is 12.1 Å². The summed E-state index contributed by atoms with van der Waals surface area (Å²) in [5.74, 6) is -1.01. The largest absolute Gasteiger partial charge is 0.480 e. The van der Waals surface area contributed by atoms with Crippen LogP contribution in [0.4, 0.5) is 11.4 Å². The van der Waals surface area contributed by atoms with Crippen LogP contribution in [0.15, 0.2) is 48.5 Å². The van der Waals surface area contributed by atoms with Crippen LogP contribution in [0.3, 0.4) is 0 Å². The van der Waals surface area contributed by atoms with E-state index in [0.29, 0.717) is 23.5 Å². The van der Waals surface area contributed by atoms with Gasteiger partial charge in [0.2, 0.25) is 0 Å². The summed E-state index contributed by atoms with van der Waals surface area (Å²) in [7, 11) is 0. The second kappa shape index (κ2) is 6.00. The summed E-state index contributed by atoms with van der Waals surface area (Å²) in [5.41, 5.74) is 7.51. The van der Waals surface area contributed by atoms with Crippen LogP contribution in [0.25, 0.3) is 0 Å². The minimum absolute atomic E-state index is 0.375. The second-order valence-electron chi connectivity index (χ2n) is 5.34. The van der Waals surface area contributed by atoms with Gasteiger partial charge in [0.15, 0.2) is 6.10 Å². The van der Waals surface area contributed by atoms with Crippen LogP contribution in [-0.4, -0.2) is 29.6 Å². The Kier molecular flexibility index (Phi) is 3.89. The predicted octanol–water partition coefficient (Wildman–Crippen LogP) is 1.69. The molecule has 0 radical (unpaired) electrons. The van der Waals surface area contributed by atoms with Crippen molar-refractivity contribution in [2.45, 2.75) is 12.5 Å². The number of nitrogen functional groups attached to an aromatic ring is 1. The number of hydrogen-bond donors (Lipinski definition) is 2. The van der Waals surface area contributed by atoms with E-state index in [2.05, 4.69) is 0 Å². The summed E-state index contributed by atoms with van der Waals surface area (Å²) >= 11 is 0. The Hall–Kier alpha value is -3.02. The van der Waals surface area contributed by atoms with Crippen molar-refractivity contribution in [3.8, 4) is 5.75 Å². The van der Waals surface area contributed by atoms with E-state index >= 15 is 0 Å². The Bertz CT molecular complexity index is 746. The lowest BCUT2D eigenvalue weighted by molar-refractivity contribution is -0.137. The highest BCUT2D eigenvalue weighted by molar-refractivity contribution is 6.03. The van der Waals surface area contributed by atoms with Crippen molar-refractivity contribution in [2.24, 2.45) is 0 Å². The number of ether oxygens (including phenoxy) is 1. The van der Waals surface area contributed by atoms with Gasteiger partial charge in [0.1, 0.15) is 12.3 Å². The fourth-order valence-corrected chi connectivity index (χ4v) is 2.60. The van der Waals surface area contributed by atoms with Gasteiger partial charge in [-0.05, 0) is 23.8 Å². The summed E-state index contributed by atoms with van der Waals surface area (Å²) in [6, 6.07) is 14.3. The Morgan fingerprint density at radius 1 is 1.22 bits per heavy atom. The van der Waals surface area contributed by atoms with Crippen molar-refractivity contribution < 1.29 is 19.4 Å². The third-order valence-electron chi connectivity index (χ3n) is 3.64. The first-order chi connectivity index (χ1) is 11.0. The van der Waals surface area contributed by atoms with Crippen molar-refractivity contribution in [3.63, 3.8) is 0 Å². The molecule has 1 unspecified atom stereocenters. The highest BCUT2D eigenvalue weighted by atomic mass is 16.5. The molecule has 6 nitrogen and oxygen atoms in total. The van der Waals surface area contributed by atoms with Crippen LogP contribution >= 0.6 is 0 Å². The minimum atomic E-state index is -1.09. The normalized spacial score (nSPS) is 16.6. The molecule has 118 valence electrons. The molecule has 1 amide bonds. The average Bonchev–Trinajstić information content (AvgIpc) is 2.53. The topological polar surface area (TPSA) is 92.9 Å². The Morgan fingerprint density at radius 2 is 1.96 bits per heavy atom. The number of rotatable bonds is 4. The van der Waals surface area contributed by atoms with E-state index < -0.39 is 18.6 Å². The molecule has 0 aromatic heterocycles. The molecular formula is C17H16N2O4. The van der Waals surface area contributed by atoms with E-state index in [1.807, 2.05) is 30.3 Å². The van der Waals surface area contributed by atoms with Gasteiger partial charge in [-0.25, -0.2) is 0 Å². The molecule has 1 heterocycles. The van der Waals surface area contributed by atoms with Crippen LogP contribution < -0.4 is 15.4 Å². The lowest BCUT2D eigenvalue weighted by Crippen LogP contribution is -2.48. The van der Waals surface area contributed by atoms with Crippen LogP contribution in [-0.2, 0) is 16.0 Å². The molecule has 1 atom stereocenters. The molecule has 3 rings (SSSR count). The molecule has 2 aromatic carbocycles. The number of benzene rings is 2.